The van der Waals surface area contributed by atoms with Gasteiger partial charge in [-0.15, -0.1) is 0 Å². The van der Waals surface area contributed by atoms with Gasteiger partial charge >= 0.3 is 0 Å². The molecule has 14 heavy (non-hydrogen) atoms. The minimum Gasteiger partial charge on any atom is -0.303 e. The van der Waals surface area contributed by atoms with Gasteiger partial charge in [0.2, 0.25) is 0 Å². The van der Waals surface area contributed by atoms with Gasteiger partial charge in [-0.05, 0) is 24.1 Å². The van der Waals surface area contributed by atoms with Crippen LogP contribution in [0.15, 0.2) is 28.7 Å². The molecule has 1 rings (SSSR count). The summed E-state index contributed by atoms with van der Waals surface area (Å²) in [5.74, 6) is 0. The zero-order chi connectivity index (χ0) is 10.8. The molecule has 0 aromatic heterocycles. The van der Waals surface area contributed by atoms with E-state index in [9.17, 15) is 4.79 Å². The molecule has 0 atom stereocenters. The van der Waals surface area contributed by atoms with E-state index in [1.54, 1.807) is 0 Å². The summed E-state index contributed by atoms with van der Waals surface area (Å²) < 4.78 is 1.18. The van der Waals surface area contributed by atoms with E-state index < -0.39 is 0 Å². The first-order valence-corrected chi connectivity index (χ1v) is 5.72. The Kier molecular flexibility index (Phi) is 8.54. The Morgan fingerprint density at radius 2 is 2.00 bits per heavy atom. The Bertz CT molecular complexity index is 258. The quantitative estimate of drug-likeness (QED) is 0.748. The van der Waals surface area contributed by atoms with Crippen LogP contribution in [0, 0.1) is 0 Å². The second-order valence-corrected chi connectivity index (χ2v) is 3.87. The summed E-state index contributed by atoms with van der Waals surface area (Å²) in [6, 6.07) is 8.46. The third-order valence-electron chi connectivity index (χ3n) is 1.59. The number of carbonyl (C=O) groups is 1. The molecule has 0 saturated carbocycles. The molecule has 2 heteroatoms. The maximum absolute atomic E-state index is 9.17. The van der Waals surface area contributed by atoms with Crippen LogP contribution in [-0.2, 0) is 11.2 Å². The fraction of sp³-hybridized carbons (Fsp3) is 0.417. The van der Waals surface area contributed by atoms with E-state index in [0.717, 1.165) is 6.29 Å². The Labute approximate surface area is 94.7 Å². The first kappa shape index (κ1) is 13.4. The highest BCUT2D eigenvalue weighted by Crippen LogP contribution is 2.12. The predicted octanol–water partition coefficient (Wildman–Crippen LogP) is 4.00. The SMILES string of the molecule is CCC=O.CCCc1cccc(Br)c1. The van der Waals surface area contributed by atoms with Crippen LogP contribution >= 0.6 is 15.9 Å². The highest BCUT2D eigenvalue weighted by Gasteiger charge is 1.89. The molecule has 0 spiro atoms. The van der Waals surface area contributed by atoms with Gasteiger partial charge in [-0.2, -0.15) is 0 Å². The Balaban J connectivity index is 0.000000364. The van der Waals surface area contributed by atoms with Crippen LogP contribution in [0.1, 0.15) is 32.3 Å². The molecular weight excluding hydrogens is 240 g/mol. The number of rotatable bonds is 3. The van der Waals surface area contributed by atoms with Crippen LogP contribution in [0.25, 0.3) is 0 Å². The first-order valence-electron chi connectivity index (χ1n) is 4.92. The van der Waals surface area contributed by atoms with Crippen molar-refractivity contribution in [2.45, 2.75) is 33.1 Å². The molecule has 0 radical (unpaired) electrons. The maximum Gasteiger partial charge on any atom is 0.119 e. The Hall–Kier alpha value is -0.630. The summed E-state index contributed by atoms with van der Waals surface area (Å²) in [5, 5.41) is 0. The number of carbonyl (C=O) groups excluding carboxylic acids is 1. The van der Waals surface area contributed by atoms with Gasteiger partial charge in [0.25, 0.3) is 0 Å². The minimum atomic E-state index is 0.639. The van der Waals surface area contributed by atoms with Crippen molar-refractivity contribution in [2.24, 2.45) is 0 Å². The van der Waals surface area contributed by atoms with Crippen molar-refractivity contribution in [1.29, 1.82) is 0 Å². The molecule has 1 aromatic carbocycles. The summed E-state index contributed by atoms with van der Waals surface area (Å²) in [7, 11) is 0. The maximum atomic E-state index is 9.17. The first-order chi connectivity index (χ1) is 6.74. The molecule has 0 heterocycles. The van der Waals surface area contributed by atoms with E-state index in [1.807, 2.05) is 6.92 Å². The lowest BCUT2D eigenvalue weighted by atomic mass is 10.1. The van der Waals surface area contributed by atoms with Gasteiger partial charge < -0.3 is 4.79 Å². The number of aldehydes is 1. The van der Waals surface area contributed by atoms with Crippen LogP contribution in [0.5, 0.6) is 0 Å². The highest BCUT2D eigenvalue weighted by molar-refractivity contribution is 9.10. The fourth-order valence-electron chi connectivity index (χ4n) is 0.981. The second-order valence-electron chi connectivity index (χ2n) is 2.95. The van der Waals surface area contributed by atoms with Crippen molar-refractivity contribution in [2.75, 3.05) is 0 Å². The summed E-state index contributed by atoms with van der Waals surface area (Å²) in [6.45, 7) is 4.01. The highest BCUT2D eigenvalue weighted by atomic mass is 79.9. The second kappa shape index (κ2) is 8.95. The van der Waals surface area contributed by atoms with Crippen molar-refractivity contribution >= 4 is 22.2 Å². The van der Waals surface area contributed by atoms with Crippen LogP contribution in [-0.4, -0.2) is 6.29 Å². The molecular formula is C12H17BrO. The van der Waals surface area contributed by atoms with E-state index in [0.29, 0.717) is 6.42 Å². The smallest absolute Gasteiger partial charge is 0.119 e. The van der Waals surface area contributed by atoms with E-state index in [1.165, 1.54) is 22.9 Å². The van der Waals surface area contributed by atoms with Crippen LogP contribution in [0.2, 0.25) is 0 Å². The van der Waals surface area contributed by atoms with Gasteiger partial charge in [0, 0.05) is 10.9 Å². The number of hydrogen-bond donors (Lipinski definition) is 0. The topological polar surface area (TPSA) is 17.1 Å². The fourth-order valence-corrected chi connectivity index (χ4v) is 1.43. The lowest BCUT2D eigenvalue weighted by molar-refractivity contribution is -0.107. The normalized spacial score (nSPS) is 8.79. The monoisotopic (exact) mass is 256 g/mol. The number of aryl methyl sites for hydroxylation is 1. The zero-order valence-corrected chi connectivity index (χ0v) is 10.4. The number of benzene rings is 1. The molecule has 0 N–H and O–H groups in total. The molecule has 1 nitrogen and oxygen atoms in total. The van der Waals surface area contributed by atoms with Gasteiger partial charge in [0.1, 0.15) is 6.29 Å². The largest absolute Gasteiger partial charge is 0.303 e. The average Bonchev–Trinajstić information content (AvgIpc) is 2.19. The summed E-state index contributed by atoms with van der Waals surface area (Å²) in [6.07, 6.45) is 3.91. The number of hydrogen-bond acceptors (Lipinski definition) is 1. The summed E-state index contributed by atoms with van der Waals surface area (Å²) in [5.41, 5.74) is 1.41. The third kappa shape index (κ3) is 6.84. The molecule has 0 amide bonds. The zero-order valence-electron chi connectivity index (χ0n) is 8.79. The van der Waals surface area contributed by atoms with E-state index in [4.69, 9.17) is 0 Å². The molecule has 0 aliphatic heterocycles. The third-order valence-corrected chi connectivity index (χ3v) is 2.09. The molecule has 0 unspecified atom stereocenters. The van der Waals surface area contributed by atoms with Crippen molar-refractivity contribution in [3.63, 3.8) is 0 Å². The summed E-state index contributed by atoms with van der Waals surface area (Å²) >= 11 is 3.43. The molecule has 0 aliphatic carbocycles. The van der Waals surface area contributed by atoms with E-state index >= 15 is 0 Å². The predicted molar refractivity (Wildman–Crippen MR) is 64.5 cm³/mol. The van der Waals surface area contributed by atoms with Crippen molar-refractivity contribution in [1.82, 2.24) is 0 Å². The standard InChI is InChI=1S/C9H11Br.C3H6O/c1-2-4-8-5-3-6-9(10)7-8;1-2-3-4/h3,5-7H,2,4H2,1H3;3H,2H2,1H3. The van der Waals surface area contributed by atoms with Crippen molar-refractivity contribution < 1.29 is 4.79 Å². The number of halogens is 1. The molecule has 1 aromatic rings. The summed E-state index contributed by atoms with van der Waals surface area (Å²) in [4.78, 5) is 9.17. The molecule has 0 bridgehead atoms. The van der Waals surface area contributed by atoms with Gasteiger partial charge in [-0.25, -0.2) is 0 Å². The van der Waals surface area contributed by atoms with Gasteiger partial charge in [-0.1, -0.05) is 48.3 Å². The lowest BCUT2D eigenvalue weighted by Gasteiger charge is -1.96. The lowest BCUT2D eigenvalue weighted by Crippen LogP contribution is -1.80. The molecule has 0 aliphatic rings. The van der Waals surface area contributed by atoms with E-state index in [2.05, 4.69) is 47.1 Å². The van der Waals surface area contributed by atoms with Gasteiger partial charge in [0.15, 0.2) is 0 Å². The van der Waals surface area contributed by atoms with Crippen LogP contribution in [0.3, 0.4) is 0 Å². The molecule has 0 fully saturated rings. The van der Waals surface area contributed by atoms with Crippen molar-refractivity contribution in [3.05, 3.63) is 34.3 Å². The molecule has 78 valence electrons. The van der Waals surface area contributed by atoms with Crippen LogP contribution in [0.4, 0.5) is 0 Å². The Morgan fingerprint density at radius 1 is 1.36 bits per heavy atom. The van der Waals surface area contributed by atoms with Crippen LogP contribution < -0.4 is 0 Å². The Morgan fingerprint density at radius 3 is 2.43 bits per heavy atom. The minimum absolute atomic E-state index is 0.639. The van der Waals surface area contributed by atoms with Gasteiger partial charge in [-0.3, -0.25) is 0 Å². The molecule has 0 saturated heterocycles. The van der Waals surface area contributed by atoms with E-state index in [-0.39, 0.29) is 0 Å². The van der Waals surface area contributed by atoms with Gasteiger partial charge in [0.05, 0.1) is 0 Å². The van der Waals surface area contributed by atoms with Crippen molar-refractivity contribution in [3.8, 4) is 0 Å². The average molecular weight is 257 g/mol.